The number of ether oxygens (including phenoxy) is 1. The van der Waals surface area contributed by atoms with Gasteiger partial charge in [0.25, 0.3) is 0 Å². The molecule has 0 aliphatic heterocycles. The van der Waals surface area contributed by atoms with Crippen LogP contribution in [0.4, 0.5) is 4.39 Å². The summed E-state index contributed by atoms with van der Waals surface area (Å²) < 4.78 is 18.5. The van der Waals surface area contributed by atoms with Gasteiger partial charge in [-0.25, -0.2) is 4.39 Å². The highest BCUT2D eigenvalue weighted by molar-refractivity contribution is 9.10. The van der Waals surface area contributed by atoms with Gasteiger partial charge >= 0.3 is 0 Å². The Balaban J connectivity index is 3.18. The molecule has 0 aliphatic rings. The standard InChI is InChI=1S/C9H7BrFNO/c1-2-13-8-4-6(5-12)3-7(11)9(8)10/h3-4H,2H2,1H3. The second-order valence-electron chi connectivity index (χ2n) is 2.32. The molecule has 0 atom stereocenters. The third-order valence-corrected chi connectivity index (χ3v) is 2.19. The zero-order valence-electron chi connectivity index (χ0n) is 6.97. The van der Waals surface area contributed by atoms with Gasteiger partial charge in [-0.2, -0.15) is 5.26 Å². The molecular formula is C9H7BrFNO. The average Bonchev–Trinajstić information content (AvgIpc) is 2.13. The summed E-state index contributed by atoms with van der Waals surface area (Å²) in [5.74, 6) is -0.124. The third kappa shape index (κ3) is 2.19. The van der Waals surface area contributed by atoms with Crippen LogP contribution < -0.4 is 4.74 Å². The third-order valence-electron chi connectivity index (χ3n) is 1.42. The first-order valence-corrected chi connectivity index (χ1v) is 4.50. The molecule has 0 bridgehead atoms. The summed E-state index contributed by atoms with van der Waals surface area (Å²) in [6.45, 7) is 2.23. The first-order valence-electron chi connectivity index (χ1n) is 3.71. The van der Waals surface area contributed by atoms with E-state index in [2.05, 4.69) is 15.9 Å². The molecule has 0 aromatic heterocycles. The Morgan fingerprint density at radius 2 is 2.31 bits per heavy atom. The average molecular weight is 244 g/mol. The van der Waals surface area contributed by atoms with Crippen molar-refractivity contribution in [2.24, 2.45) is 0 Å². The van der Waals surface area contributed by atoms with Gasteiger partial charge in [0.05, 0.1) is 22.7 Å². The molecule has 1 aromatic rings. The lowest BCUT2D eigenvalue weighted by Crippen LogP contribution is -1.95. The molecule has 0 radical (unpaired) electrons. The Kier molecular flexibility index (Phi) is 3.26. The molecular weight excluding hydrogens is 237 g/mol. The Morgan fingerprint density at radius 1 is 1.62 bits per heavy atom. The smallest absolute Gasteiger partial charge is 0.142 e. The van der Waals surface area contributed by atoms with Crippen LogP contribution in [-0.2, 0) is 0 Å². The molecule has 0 unspecified atom stereocenters. The monoisotopic (exact) mass is 243 g/mol. The summed E-state index contributed by atoms with van der Waals surface area (Å²) in [4.78, 5) is 0. The van der Waals surface area contributed by atoms with E-state index in [1.807, 2.05) is 6.07 Å². The number of benzene rings is 1. The molecule has 1 rings (SSSR count). The van der Waals surface area contributed by atoms with Crippen LogP contribution in [0.5, 0.6) is 5.75 Å². The number of hydrogen-bond acceptors (Lipinski definition) is 2. The minimum absolute atomic E-state index is 0.254. The van der Waals surface area contributed by atoms with E-state index in [1.165, 1.54) is 6.07 Å². The Labute approximate surface area is 84.1 Å². The summed E-state index contributed by atoms with van der Waals surface area (Å²) in [7, 11) is 0. The van der Waals surface area contributed by atoms with Crippen LogP contribution in [0.1, 0.15) is 12.5 Å². The van der Waals surface area contributed by atoms with Gasteiger partial charge in [0.15, 0.2) is 0 Å². The van der Waals surface area contributed by atoms with E-state index in [0.717, 1.165) is 6.07 Å². The van der Waals surface area contributed by atoms with Crippen LogP contribution in [0.2, 0.25) is 0 Å². The summed E-state index contributed by atoms with van der Waals surface area (Å²) >= 11 is 3.04. The minimum atomic E-state index is -0.484. The summed E-state index contributed by atoms with van der Waals surface area (Å²) in [6.07, 6.45) is 0. The van der Waals surface area contributed by atoms with Crippen molar-refractivity contribution in [3.8, 4) is 11.8 Å². The Morgan fingerprint density at radius 3 is 2.85 bits per heavy atom. The number of nitrogens with zero attached hydrogens (tertiary/aromatic N) is 1. The van der Waals surface area contributed by atoms with Gasteiger partial charge in [0.2, 0.25) is 0 Å². The van der Waals surface area contributed by atoms with Gasteiger partial charge in [-0.3, -0.25) is 0 Å². The van der Waals surface area contributed by atoms with Crippen LogP contribution in [-0.4, -0.2) is 6.61 Å². The highest BCUT2D eigenvalue weighted by Gasteiger charge is 2.08. The fourth-order valence-electron chi connectivity index (χ4n) is 0.889. The lowest BCUT2D eigenvalue weighted by molar-refractivity contribution is 0.335. The van der Waals surface area contributed by atoms with Crippen LogP contribution in [0.25, 0.3) is 0 Å². The molecule has 0 saturated heterocycles. The molecule has 0 amide bonds. The zero-order valence-corrected chi connectivity index (χ0v) is 8.56. The molecule has 0 spiro atoms. The van der Waals surface area contributed by atoms with E-state index in [9.17, 15) is 4.39 Å². The fourth-order valence-corrected chi connectivity index (χ4v) is 1.23. The maximum absolute atomic E-state index is 13.1. The van der Waals surface area contributed by atoms with Crippen LogP contribution >= 0.6 is 15.9 Å². The molecule has 4 heteroatoms. The van der Waals surface area contributed by atoms with Crippen molar-refractivity contribution in [3.63, 3.8) is 0 Å². The molecule has 68 valence electrons. The highest BCUT2D eigenvalue weighted by atomic mass is 79.9. The van der Waals surface area contributed by atoms with Gasteiger partial charge < -0.3 is 4.74 Å². The largest absolute Gasteiger partial charge is 0.493 e. The van der Waals surface area contributed by atoms with Gasteiger partial charge in [-0.1, -0.05) is 0 Å². The first kappa shape index (κ1) is 10.0. The molecule has 2 nitrogen and oxygen atoms in total. The fraction of sp³-hybridized carbons (Fsp3) is 0.222. The first-order chi connectivity index (χ1) is 6.19. The second kappa shape index (κ2) is 4.24. The van der Waals surface area contributed by atoms with Crippen molar-refractivity contribution in [2.75, 3.05) is 6.61 Å². The van der Waals surface area contributed by atoms with Gasteiger partial charge in [0.1, 0.15) is 11.6 Å². The van der Waals surface area contributed by atoms with Gasteiger partial charge in [0, 0.05) is 0 Å². The Bertz CT molecular complexity index is 359. The summed E-state index contributed by atoms with van der Waals surface area (Å²) in [5, 5.41) is 8.56. The van der Waals surface area contributed by atoms with Gasteiger partial charge in [-0.05, 0) is 35.0 Å². The Hall–Kier alpha value is -1.08. The van der Waals surface area contributed by atoms with Gasteiger partial charge in [-0.15, -0.1) is 0 Å². The second-order valence-corrected chi connectivity index (χ2v) is 3.11. The number of rotatable bonds is 2. The van der Waals surface area contributed by atoms with Crippen molar-refractivity contribution >= 4 is 15.9 Å². The molecule has 0 heterocycles. The molecule has 0 aliphatic carbocycles. The van der Waals surface area contributed by atoms with Crippen LogP contribution in [0, 0.1) is 17.1 Å². The normalized spacial score (nSPS) is 9.38. The van der Waals surface area contributed by atoms with E-state index in [-0.39, 0.29) is 10.0 Å². The highest BCUT2D eigenvalue weighted by Crippen LogP contribution is 2.29. The quantitative estimate of drug-likeness (QED) is 0.801. The summed E-state index contributed by atoms with van der Waals surface area (Å²) in [5.41, 5.74) is 0.254. The molecule has 0 fully saturated rings. The summed E-state index contributed by atoms with van der Waals surface area (Å²) in [6, 6.07) is 4.51. The van der Waals surface area contributed by atoms with Crippen molar-refractivity contribution < 1.29 is 9.13 Å². The molecule has 0 N–H and O–H groups in total. The molecule has 1 aromatic carbocycles. The van der Waals surface area contributed by atoms with E-state index in [0.29, 0.717) is 12.4 Å². The maximum Gasteiger partial charge on any atom is 0.142 e. The minimum Gasteiger partial charge on any atom is -0.493 e. The molecule has 13 heavy (non-hydrogen) atoms. The number of hydrogen-bond donors (Lipinski definition) is 0. The van der Waals surface area contributed by atoms with Crippen molar-refractivity contribution in [3.05, 3.63) is 28.0 Å². The number of nitriles is 1. The molecule has 0 saturated carbocycles. The predicted octanol–water partition coefficient (Wildman–Crippen LogP) is 2.86. The van der Waals surface area contributed by atoms with E-state index >= 15 is 0 Å². The topological polar surface area (TPSA) is 33.0 Å². The van der Waals surface area contributed by atoms with Crippen molar-refractivity contribution in [1.82, 2.24) is 0 Å². The van der Waals surface area contributed by atoms with Crippen molar-refractivity contribution in [1.29, 1.82) is 5.26 Å². The maximum atomic E-state index is 13.1. The van der Waals surface area contributed by atoms with E-state index in [4.69, 9.17) is 10.00 Å². The lowest BCUT2D eigenvalue weighted by atomic mass is 10.2. The van der Waals surface area contributed by atoms with Crippen LogP contribution in [0.15, 0.2) is 16.6 Å². The van der Waals surface area contributed by atoms with Crippen molar-refractivity contribution in [2.45, 2.75) is 6.92 Å². The van der Waals surface area contributed by atoms with Crippen LogP contribution in [0.3, 0.4) is 0 Å². The SMILES string of the molecule is CCOc1cc(C#N)cc(F)c1Br. The van der Waals surface area contributed by atoms with E-state index in [1.54, 1.807) is 6.92 Å². The zero-order chi connectivity index (χ0) is 9.84. The van der Waals surface area contributed by atoms with E-state index < -0.39 is 5.82 Å². The number of halogens is 2. The lowest BCUT2D eigenvalue weighted by Gasteiger charge is -2.06. The predicted molar refractivity (Wildman–Crippen MR) is 50.0 cm³/mol.